The number of carbonyl (C=O) groups is 1. The number of fused-ring (bicyclic) bond motifs is 2. The van der Waals surface area contributed by atoms with Gasteiger partial charge in [-0.3, -0.25) is 9.78 Å². The molecule has 4 nitrogen and oxygen atoms in total. The lowest BCUT2D eigenvalue weighted by Gasteiger charge is -2.22. The first-order chi connectivity index (χ1) is 12.2. The Morgan fingerprint density at radius 1 is 1.24 bits per heavy atom. The number of rotatable bonds is 5. The molecule has 2 aliphatic carbocycles. The van der Waals surface area contributed by atoms with Crippen LogP contribution < -0.4 is 10.1 Å². The molecule has 130 valence electrons. The second-order valence-corrected chi connectivity index (χ2v) is 7.04. The Labute approximate surface area is 146 Å². The minimum absolute atomic E-state index is 0.0531. The van der Waals surface area contributed by atoms with Crippen LogP contribution in [0.3, 0.4) is 0 Å². The third-order valence-corrected chi connectivity index (χ3v) is 5.32. The second-order valence-electron chi connectivity index (χ2n) is 7.04. The Morgan fingerprint density at radius 3 is 2.84 bits per heavy atom. The van der Waals surface area contributed by atoms with Crippen LogP contribution in [0.1, 0.15) is 41.7 Å². The topological polar surface area (TPSA) is 51.2 Å². The molecule has 2 aliphatic rings. The lowest BCUT2D eigenvalue weighted by molar-refractivity contribution is 0.0922. The van der Waals surface area contributed by atoms with Gasteiger partial charge < -0.3 is 10.1 Å². The third kappa shape index (κ3) is 3.65. The highest BCUT2D eigenvalue weighted by Crippen LogP contribution is 2.44. The number of ether oxygens (including phenoxy) is 1. The largest absolute Gasteiger partial charge is 0.487 e. The summed E-state index contributed by atoms with van der Waals surface area (Å²) in [6.07, 6.45) is 6.51. The summed E-state index contributed by atoms with van der Waals surface area (Å²) in [6, 6.07) is 9.85. The maximum atomic E-state index is 13.1. The molecule has 25 heavy (non-hydrogen) atoms. The summed E-state index contributed by atoms with van der Waals surface area (Å²) in [5.74, 6) is 1.53. The number of pyridine rings is 1. The lowest BCUT2D eigenvalue weighted by Crippen LogP contribution is -2.38. The molecule has 1 unspecified atom stereocenters. The Bertz CT molecular complexity index is 763. The number of aromatic nitrogens is 1. The van der Waals surface area contributed by atoms with Gasteiger partial charge in [-0.05, 0) is 55.4 Å². The van der Waals surface area contributed by atoms with Crippen LogP contribution in [0.2, 0.25) is 0 Å². The van der Waals surface area contributed by atoms with Crippen LogP contribution in [0.25, 0.3) is 0 Å². The van der Waals surface area contributed by atoms with Crippen molar-refractivity contribution in [2.24, 2.45) is 11.8 Å². The maximum absolute atomic E-state index is 13.1. The fourth-order valence-corrected chi connectivity index (χ4v) is 4.03. The molecule has 1 aromatic carbocycles. The van der Waals surface area contributed by atoms with Crippen molar-refractivity contribution in [1.82, 2.24) is 10.3 Å². The van der Waals surface area contributed by atoms with Gasteiger partial charge in [-0.15, -0.1) is 0 Å². The zero-order valence-electron chi connectivity index (χ0n) is 14.0. The van der Waals surface area contributed by atoms with Gasteiger partial charge in [0.1, 0.15) is 18.2 Å². The smallest absolute Gasteiger partial charge is 0.253 e. The van der Waals surface area contributed by atoms with Crippen molar-refractivity contribution in [1.29, 1.82) is 0 Å². The van der Waals surface area contributed by atoms with E-state index < -0.39 is 0 Å². The van der Waals surface area contributed by atoms with Gasteiger partial charge in [-0.2, -0.15) is 0 Å². The molecule has 1 aromatic heterocycles. The van der Waals surface area contributed by atoms with Crippen molar-refractivity contribution < 1.29 is 13.9 Å². The number of halogens is 1. The van der Waals surface area contributed by atoms with Crippen molar-refractivity contribution in [2.45, 2.75) is 38.3 Å². The molecule has 0 radical (unpaired) electrons. The fourth-order valence-electron chi connectivity index (χ4n) is 4.03. The summed E-state index contributed by atoms with van der Waals surface area (Å²) in [7, 11) is 0. The Balaban J connectivity index is 1.32. The van der Waals surface area contributed by atoms with E-state index >= 15 is 0 Å². The summed E-state index contributed by atoms with van der Waals surface area (Å²) < 4.78 is 18.6. The predicted molar refractivity (Wildman–Crippen MR) is 91.7 cm³/mol. The van der Waals surface area contributed by atoms with E-state index in [-0.39, 0.29) is 18.3 Å². The lowest BCUT2D eigenvalue weighted by atomic mass is 9.95. The standard InChI is InChI=1S/C20H21FN2O2/c21-16-2-1-3-18(10-16)25-12-17-7-6-15(11-22-17)20(24)23-19-9-13-4-5-14(19)8-13/h1-3,6-7,10-11,13-14,19H,4-5,8-9,12H2,(H,23,24)/t13-,14?,19-/m0/s1. The molecule has 1 amide bonds. The van der Waals surface area contributed by atoms with Gasteiger partial charge in [0, 0.05) is 18.3 Å². The van der Waals surface area contributed by atoms with Crippen LogP contribution in [-0.4, -0.2) is 16.9 Å². The number of nitrogens with zero attached hydrogens (tertiary/aromatic N) is 1. The Morgan fingerprint density at radius 2 is 2.16 bits per heavy atom. The predicted octanol–water partition coefficient (Wildman–Crippen LogP) is 3.72. The van der Waals surface area contributed by atoms with Gasteiger partial charge in [0.2, 0.25) is 0 Å². The van der Waals surface area contributed by atoms with Gasteiger partial charge in [-0.1, -0.05) is 12.5 Å². The highest BCUT2D eigenvalue weighted by molar-refractivity contribution is 5.94. The van der Waals surface area contributed by atoms with Crippen LogP contribution in [0.4, 0.5) is 4.39 Å². The highest BCUT2D eigenvalue weighted by atomic mass is 19.1. The minimum Gasteiger partial charge on any atom is -0.487 e. The zero-order valence-corrected chi connectivity index (χ0v) is 14.0. The Hall–Kier alpha value is -2.43. The van der Waals surface area contributed by atoms with E-state index in [2.05, 4.69) is 10.3 Å². The number of carbonyl (C=O) groups excluding carboxylic acids is 1. The molecule has 2 saturated carbocycles. The van der Waals surface area contributed by atoms with Crippen LogP contribution in [0, 0.1) is 17.7 Å². The van der Waals surface area contributed by atoms with Gasteiger partial charge >= 0.3 is 0 Å². The summed E-state index contributed by atoms with van der Waals surface area (Å²) in [6.45, 7) is 0.234. The number of hydrogen-bond acceptors (Lipinski definition) is 3. The first kappa shape index (κ1) is 16.1. The highest BCUT2D eigenvalue weighted by Gasteiger charge is 2.40. The average Bonchev–Trinajstić information content (AvgIpc) is 3.23. The van der Waals surface area contributed by atoms with E-state index in [1.807, 2.05) is 0 Å². The van der Waals surface area contributed by atoms with E-state index in [1.54, 1.807) is 30.5 Å². The maximum Gasteiger partial charge on any atom is 0.253 e. The van der Waals surface area contributed by atoms with Gasteiger partial charge in [-0.25, -0.2) is 4.39 Å². The number of hydrogen-bond donors (Lipinski definition) is 1. The van der Waals surface area contributed by atoms with E-state index in [4.69, 9.17) is 4.74 Å². The quantitative estimate of drug-likeness (QED) is 0.902. The van der Waals surface area contributed by atoms with Crippen molar-refractivity contribution in [2.75, 3.05) is 0 Å². The molecule has 3 atom stereocenters. The average molecular weight is 340 g/mol. The second kappa shape index (κ2) is 6.82. The summed E-state index contributed by atoms with van der Waals surface area (Å²) >= 11 is 0. The van der Waals surface area contributed by atoms with Crippen molar-refractivity contribution >= 4 is 5.91 Å². The molecule has 0 aliphatic heterocycles. The summed E-state index contributed by atoms with van der Waals surface area (Å²) in [5, 5.41) is 3.16. The summed E-state index contributed by atoms with van der Waals surface area (Å²) in [5.41, 5.74) is 1.26. The van der Waals surface area contributed by atoms with Crippen molar-refractivity contribution in [3.05, 3.63) is 59.7 Å². The first-order valence-electron chi connectivity index (χ1n) is 8.81. The van der Waals surface area contributed by atoms with Crippen LogP contribution in [-0.2, 0) is 6.61 Å². The van der Waals surface area contributed by atoms with Crippen LogP contribution in [0.15, 0.2) is 42.6 Å². The van der Waals surface area contributed by atoms with E-state index in [9.17, 15) is 9.18 Å². The van der Waals surface area contributed by atoms with E-state index in [0.29, 0.717) is 29.0 Å². The van der Waals surface area contributed by atoms with Crippen LogP contribution >= 0.6 is 0 Å². The molecule has 1 N–H and O–H groups in total. The fraction of sp³-hybridized carbons (Fsp3) is 0.400. The molecule has 2 aromatic rings. The van der Waals surface area contributed by atoms with E-state index in [1.165, 1.54) is 31.4 Å². The Kier molecular flexibility index (Phi) is 4.38. The van der Waals surface area contributed by atoms with Gasteiger partial charge in [0.25, 0.3) is 5.91 Å². The van der Waals surface area contributed by atoms with Crippen molar-refractivity contribution in [3.8, 4) is 5.75 Å². The molecule has 0 saturated heterocycles. The number of amides is 1. The molecule has 4 rings (SSSR count). The minimum atomic E-state index is -0.335. The molecular formula is C20H21FN2O2. The number of benzene rings is 1. The monoisotopic (exact) mass is 340 g/mol. The van der Waals surface area contributed by atoms with Crippen molar-refractivity contribution in [3.63, 3.8) is 0 Å². The molecular weight excluding hydrogens is 319 g/mol. The molecule has 1 heterocycles. The molecule has 2 bridgehead atoms. The summed E-state index contributed by atoms with van der Waals surface area (Å²) in [4.78, 5) is 16.7. The van der Waals surface area contributed by atoms with Gasteiger partial charge in [0.15, 0.2) is 0 Å². The van der Waals surface area contributed by atoms with Gasteiger partial charge in [0.05, 0.1) is 11.3 Å². The molecule has 2 fully saturated rings. The third-order valence-electron chi connectivity index (χ3n) is 5.32. The zero-order chi connectivity index (χ0) is 17.2. The van der Waals surface area contributed by atoms with E-state index in [0.717, 1.165) is 12.3 Å². The van der Waals surface area contributed by atoms with Crippen LogP contribution in [0.5, 0.6) is 5.75 Å². The molecule has 5 heteroatoms. The SMILES string of the molecule is O=C(N[C@H]1C[C@H]2CCC1C2)c1ccc(COc2cccc(F)c2)nc1. The number of nitrogens with one attached hydrogen (secondary N) is 1. The molecule has 0 spiro atoms. The first-order valence-corrected chi connectivity index (χ1v) is 8.81. The normalized spacial score (nSPS) is 24.3.